The lowest BCUT2D eigenvalue weighted by Crippen LogP contribution is -2.09. The summed E-state index contributed by atoms with van der Waals surface area (Å²) in [6, 6.07) is 22.5. The molecule has 0 N–H and O–H groups in total. The van der Waals surface area contributed by atoms with E-state index in [2.05, 4.69) is 46.2 Å². The number of pyridine rings is 1. The summed E-state index contributed by atoms with van der Waals surface area (Å²) >= 11 is 0. The van der Waals surface area contributed by atoms with E-state index in [-0.39, 0.29) is 0 Å². The van der Waals surface area contributed by atoms with Crippen molar-refractivity contribution in [2.45, 2.75) is 0 Å². The van der Waals surface area contributed by atoms with Crippen molar-refractivity contribution in [3.05, 3.63) is 66.7 Å². The molecule has 0 fully saturated rings. The van der Waals surface area contributed by atoms with Gasteiger partial charge in [0.1, 0.15) is 11.5 Å². The molecule has 4 rings (SSSR count). The van der Waals surface area contributed by atoms with Gasteiger partial charge in [0.2, 0.25) is 0 Å². The third-order valence-corrected chi connectivity index (χ3v) is 4.69. The third-order valence-electron chi connectivity index (χ3n) is 4.69. The summed E-state index contributed by atoms with van der Waals surface area (Å²) in [5.74, 6) is 1.66. The fraction of sp³-hybridized carbons (Fsp3) is 0.174. The van der Waals surface area contributed by atoms with Crippen molar-refractivity contribution in [3.8, 4) is 11.5 Å². The van der Waals surface area contributed by atoms with Crippen molar-refractivity contribution >= 4 is 33.2 Å². The van der Waals surface area contributed by atoms with E-state index < -0.39 is 0 Å². The van der Waals surface area contributed by atoms with Gasteiger partial charge in [-0.2, -0.15) is 0 Å². The standard InChI is InChI=1S/C23H23N3O/c1-25(2)16-10-12-19-21(14-16)24-22-15-17(26(3)4)11-13-20(22)23(19)27-18-8-6-5-7-9-18/h5-15H,1-4H3. The molecule has 0 saturated carbocycles. The molecule has 0 atom stereocenters. The molecule has 3 aromatic carbocycles. The highest BCUT2D eigenvalue weighted by atomic mass is 16.5. The van der Waals surface area contributed by atoms with Gasteiger partial charge in [0.05, 0.1) is 11.0 Å². The van der Waals surface area contributed by atoms with E-state index in [9.17, 15) is 0 Å². The maximum Gasteiger partial charge on any atom is 0.146 e. The monoisotopic (exact) mass is 357 g/mol. The number of para-hydroxylation sites is 1. The Balaban J connectivity index is 1.99. The zero-order valence-electron chi connectivity index (χ0n) is 16.1. The van der Waals surface area contributed by atoms with Gasteiger partial charge in [-0.3, -0.25) is 0 Å². The number of hydrogen-bond donors (Lipinski definition) is 0. The fourth-order valence-corrected chi connectivity index (χ4v) is 3.16. The predicted octanol–water partition coefficient (Wildman–Crippen LogP) is 5.31. The largest absolute Gasteiger partial charge is 0.456 e. The third kappa shape index (κ3) is 3.26. The molecular formula is C23H23N3O. The Labute approximate surface area is 159 Å². The van der Waals surface area contributed by atoms with Gasteiger partial charge >= 0.3 is 0 Å². The Morgan fingerprint density at radius 2 is 1.19 bits per heavy atom. The van der Waals surface area contributed by atoms with Crippen LogP contribution in [0.15, 0.2) is 66.7 Å². The number of ether oxygens (including phenoxy) is 1. The molecule has 136 valence electrons. The highest BCUT2D eigenvalue weighted by molar-refractivity contribution is 6.03. The number of aromatic nitrogens is 1. The molecular weight excluding hydrogens is 334 g/mol. The van der Waals surface area contributed by atoms with Crippen molar-refractivity contribution in [3.63, 3.8) is 0 Å². The number of nitrogens with zero attached hydrogens (tertiary/aromatic N) is 3. The van der Waals surface area contributed by atoms with E-state index >= 15 is 0 Å². The Bertz CT molecular complexity index is 1040. The average Bonchev–Trinajstić information content (AvgIpc) is 2.67. The molecule has 0 aliphatic carbocycles. The minimum atomic E-state index is 0.819. The molecule has 0 aliphatic rings. The van der Waals surface area contributed by atoms with Gasteiger partial charge in [-0.1, -0.05) is 18.2 Å². The molecule has 0 aliphatic heterocycles. The van der Waals surface area contributed by atoms with Crippen molar-refractivity contribution < 1.29 is 4.74 Å². The van der Waals surface area contributed by atoms with E-state index in [1.54, 1.807) is 0 Å². The van der Waals surface area contributed by atoms with Crippen LogP contribution < -0.4 is 14.5 Å². The zero-order chi connectivity index (χ0) is 19.0. The second-order valence-corrected chi connectivity index (χ2v) is 7.05. The molecule has 4 heteroatoms. The minimum Gasteiger partial charge on any atom is -0.456 e. The lowest BCUT2D eigenvalue weighted by Gasteiger charge is -2.17. The molecule has 4 aromatic rings. The average molecular weight is 357 g/mol. The predicted molar refractivity (Wildman–Crippen MR) is 114 cm³/mol. The summed E-state index contributed by atoms with van der Waals surface area (Å²) in [7, 11) is 8.14. The number of benzene rings is 3. The molecule has 4 nitrogen and oxygen atoms in total. The molecule has 1 heterocycles. The number of anilines is 2. The first-order valence-corrected chi connectivity index (χ1v) is 8.98. The summed E-state index contributed by atoms with van der Waals surface area (Å²) in [5.41, 5.74) is 4.08. The van der Waals surface area contributed by atoms with Crippen LogP contribution in [0.4, 0.5) is 11.4 Å². The quantitative estimate of drug-likeness (QED) is 0.463. The number of rotatable bonds is 4. The van der Waals surface area contributed by atoms with Crippen LogP contribution in [0.2, 0.25) is 0 Å². The molecule has 0 unspecified atom stereocenters. The van der Waals surface area contributed by atoms with Crippen molar-refractivity contribution in [2.24, 2.45) is 0 Å². The SMILES string of the molecule is CN(C)c1ccc2c(Oc3ccccc3)c3ccc(N(C)C)cc3nc2c1. The van der Waals surface area contributed by atoms with E-state index in [1.165, 1.54) is 0 Å². The first-order chi connectivity index (χ1) is 13.0. The van der Waals surface area contributed by atoms with Crippen LogP contribution in [0.5, 0.6) is 11.5 Å². The first-order valence-electron chi connectivity index (χ1n) is 8.98. The summed E-state index contributed by atoms with van der Waals surface area (Å²) in [4.78, 5) is 9.10. The smallest absolute Gasteiger partial charge is 0.146 e. The van der Waals surface area contributed by atoms with Gasteiger partial charge in [-0.15, -0.1) is 0 Å². The number of fused-ring (bicyclic) bond motifs is 2. The van der Waals surface area contributed by atoms with Crippen molar-refractivity contribution in [1.29, 1.82) is 0 Å². The van der Waals surface area contributed by atoms with E-state index in [4.69, 9.17) is 9.72 Å². The van der Waals surface area contributed by atoms with Crippen LogP contribution in [-0.2, 0) is 0 Å². The molecule has 1 aromatic heterocycles. The van der Waals surface area contributed by atoms with E-state index in [0.29, 0.717) is 0 Å². The van der Waals surface area contributed by atoms with E-state index in [1.807, 2.05) is 58.5 Å². The first kappa shape index (κ1) is 17.2. The number of hydrogen-bond acceptors (Lipinski definition) is 4. The second kappa shape index (κ2) is 6.80. The Hall–Kier alpha value is -3.27. The lowest BCUT2D eigenvalue weighted by atomic mass is 10.1. The minimum absolute atomic E-state index is 0.819. The van der Waals surface area contributed by atoms with Crippen LogP contribution in [0.25, 0.3) is 21.8 Å². The van der Waals surface area contributed by atoms with Crippen LogP contribution in [0.1, 0.15) is 0 Å². The van der Waals surface area contributed by atoms with Gasteiger partial charge in [0.25, 0.3) is 0 Å². The highest BCUT2D eigenvalue weighted by Gasteiger charge is 2.13. The second-order valence-electron chi connectivity index (χ2n) is 7.05. The molecule has 27 heavy (non-hydrogen) atoms. The Morgan fingerprint density at radius 3 is 1.67 bits per heavy atom. The molecule has 0 radical (unpaired) electrons. The van der Waals surface area contributed by atoms with Gasteiger partial charge in [0, 0.05) is 50.3 Å². The normalized spacial score (nSPS) is 11.0. The van der Waals surface area contributed by atoms with Crippen molar-refractivity contribution in [2.75, 3.05) is 38.0 Å². The van der Waals surface area contributed by atoms with Gasteiger partial charge < -0.3 is 14.5 Å². The van der Waals surface area contributed by atoms with Crippen LogP contribution in [0, 0.1) is 0 Å². The van der Waals surface area contributed by atoms with Crippen LogP contribution in [-0.4, -0.2) is 33.2 Å². The summed E-state index contributed by atoms with van der Waals surface area (Å²) in [5, 5.41) is 2.02. The zero-order valence-corrected chi connectivity index (χ0v) is 16.1. The van der Waals surface area contributed by atoms with Gasteiger partial charge in [-0.05, 0) is 48.5 Å². The molecule has 0 amide bonds. The fourth-order valence-electron chi connectivity index (χ4n) is 3.16. The maximum absolute atomic E-state index is 6.34. The molecule has 0 bridgehead atoms. The summed E-state index contributed by atoms with van der Waals surface area (Å²) in [6.07, 6.45) is 0. The Morgan fingerprint density at radius 1 is 0.667 bits per heavy atom. The van der Waals surface area contributed by atoms with Gasteiger partial charge in [0.15, 0.2) is 0 Å². The summed E-state index contributed by atoms with van der Waals surface area (Å²) < 4.78 is 6.34. The van der Waals surface area contributed by atoms with Crippen LogP contribution >= 0.6 is 0 Å². The topological polar surface area (TPSA) is 28.6 Å². The summed E-state index contributed by atoms with van der Waals surface area (Å²) in [6.45, 7) is 0. The van der Waals surface area contributed by atoms with Crippen LogP contribution in [0.3, 0.4) is 0 Å². The molecule has 0 saturated heterocycles. The van der Waals surface area contributed by atoms with Crippen molar-refractivity contribution in [1.82, 2.24) is 4.98 Å². The Kier molecular flexibility index (Phi) is 4.32. The maximum atomic E-state index is 6.34. The van der Waals surface area contributed by atoms with E-state index in [0.717, 1.165) is 44.7 Å². The van der Waals surface area contributed by atoms with Gasteiger partial charge in [-0.25, -0.2) is 4.98 Å². The molecule has 0 spiro atoms. The lowest BCUT2D eigenvalue weighted by molar-refractivity contribution is 0.493. The highest BCUT2D eigenvalue weighted by Crippen LogP contribution is 2.38.